The summed E-state index contributed by atoms with van der Waals surface area (Å²) < 4.78 is 5.69. The maximum Gasteiger partial charge on any atom is 0.291 e. The number of H-pyrrole nitrogens is 1. The Hall–Kier alpha value is -3.41. The number of anilines is 1. The average molecular weight is 332 g/mol. The summed E-state index contributed by atoms with van der Waals surface area (Å²) in [5.74, 6) is 0.694. The number of amides is 1. The number of hydrogen-bond donors (Lipinski definition) is 2. The molecule has 0 aliphatic rings. The number of aryl methyl sites for hydroxylation is 2. The Morgan fingerprint density at radius 1 is 1.08 bits per heavy atom. The van der Waals surface area contributed by atoms with Gasteiger partial charge in [-0.15, -0.1) is 0 Å². The highest BCUT2D eigenvalue weighted by atomic mass is 16.3. The quantitative estimate of drug-likeness (QED) is 0.592. The predicted octanol–water partition coefficient (Wildman–Crippen LogP) is 4.09. The molecule has 0 radical (unpaired) electrons. The van der Waals surface area contributed by atoms with Crippen molar-refractivity contribution >= 4 is 22.6 Å². The fourth-order valence-corrected chi connectivity index (χ4v) is 2.66. The zero-order valence-corrected chi connectivity index (χ0v) is 13.8. The van der Waals surface area contributed by atoms with Crippen molar-refractivity contribution in [1.29, 1.82) is 0 Å². The van der Waals surface area contributed by atoms with Crippen LogP contribution in [0.25, 0.3) is 22.4 Å². The van der Waals surface area contributed by atoms with E-state index in [2.05, 4.69) is 20.5 Å². The van der Waals surface area contributed by atoms with E-state index in [1.165, 1.54) is 11.9 Å². The van der Waals surface area contributed by atoms with Gasteiger partial charge in [-0.05, 0) is 67.4 Å². The monoisotopic (exact) mass is 332 g/mol. The largest absolute Gasteiger partial charge is 0.451 e. The van der Waals surface area contributed by atoms with E-state index in [9.17, 15) is 4.79 Å². The third-order valence-corrected chi connectivity index (χ3v) is 4.19. The van der Waals surface area contributed by atoms with Gasteiger partial charge >= 0.3 is 0 Å². The van der Waals surface area contributed by atoms with Gasteiger partial charge in [0.2, 0.25) is 0 Å². The van der Waals surface area contributed by atoms with Crippen LogP contribution in [0.1, 0.15) is 21.7 Å². The van der Waals surface area contributed by atoms with Crippen molar-refractivity contribution < 1.29 is 9.21 Å². The standard InChI is InChI=1S/C19H16N4O2/c1-11-7-14-9-17(25-16(14)8-12(11)2)19(24)22-15-5-3-13(4-6-15)18-20-10-21-23-18/h3-10H,1-2H3,(H,22,24)(H,20,21,23). The van der Waals surface area contributed by atoms with Gasteiger partial charge in [0.05, 0.1) is 0 Å². The van der Waals surface area contributed by atoms with Gasteiger partial charge in [-0.3, -0.25) is 9.89 Å². The van der Waals surface area contributed by atoms with Crippen molar-refractivity contribution in [3.63, 3.8) is 0 Å². The lowest BCUT2D eigenvalue weighted by Gasteiger charge is -2.03. The summed E-state index contributed by atoms with van der Waals surface area (Å²) >= 11 is 0. The van der Waals surface area contributed by atoms with Crippen LogP contribution in [-0.4, -0.2) is 21.1 Å². The van der Waals surface area contributed by atoms with Gasteiger partial charge in [0, 0.05) is 16.6 Å². The minimum atomic E-state index is -0.279. The summed E-state index contributed by atoms with van der Waals surface area (Å²) in [5.41, 5.74) is 4.60. The molecule has 0 unspecified atom stereocenters. The van der Waals surface area contributed by atoms with Gasteiger partial charge < -0.3 is 9.73 Å². The van der Waals surface area contributed by atoms with Crippen molar-refractivity contribution in [2.24, 2.45) is 0 Å². The number of carbonyl (C=O) groups excluding carboxylic acids is 1. The lowest BCUT2D eigenvalue weighted by molar-refractivity contribution is 0.0998. The summed E-state index contributed by atoms with van der Waals surface area (Å²) in [4.78, 5) is 16.5. The Bertz CT molecular complexity index is 1010. The molecular formula is C19H16N4O2. The van der Waals surface area contributed by atoms with Crippen molar-refractivity contribution in [2.75, 3.05) is 5.32 Å². The van der Waals surface area contributed by atoms with Crippen molar-refractivity contribution in [3.8, 4) is 11.4 Å². The second-order valence-corrected chi connectivity index (χ2v) is 5.95. The number of carbonyl (C=O) groups is 1. The Balaban J connectivity index is 1.55. The number of furan rings is 1. The summed E-state index contributed by atoms with van der Waals surface area (Å²) in [6.07, 6.45) is 1.45. The van der Waals surface area contributed by atoms with Crippen LogP contribution < -0.4 is 5.32 Å². The summed E-state index contributed by atoms with van der Waals surface area (Å²) in [5, 5.41) is 10.4. The number of fused-ring (bicyclic) bond motifs is 1. The Morgan fingerprint density at radius 3 is 2.56 bits per heavy atom. The summed E-state index contributed by atoms with van der Waals surface area (Å²) in [7, 11) is 0. The topological polar surface area (TPSA) is 83.8 Å². The van der Waals surface area contributed by atoms with E-state index < -0.39 is 0 Å². The number of aromatic amines is 1. The first kappa shape index (κ1) is 15.1. The molecule has 0 aliphatic carbocycles. The molecule has 0 spiro atoms. The smallest absolute Gasteiger partial charge is 0.291 e. The second kappa shape index (κ2) is 5.90. The van der Waals surface area contributed by atoms with Crippen LogP contribution in [0.3, 0.4) is 0 Å². The molecular weight excluding hydrogens is 316 g/mol. The van der Waals surface area contributed by atoms with Crippen LogP contribution in [0.4, 0.5) is 5.69 Å². The van der Waals surface area contributed by atoms with E-state index >= 15 is 0 Å². The maximum atomic E-state index is 12.4. The van der Waals surface area contributed by atoms with E-state index in [4.69, 9.17) is 4.42 Å². The fourth-order valence-electron chi connectivity index (χ4n) is 2.66. The highest BCUT2D eigenvalue weighted by Gasteiger charge is 2.13. The molecule has 0 saturated heterocycles. The predicted molar refractivity (Wildman–Crippen MR) is 95.5 cm³/mol. The molecule has 1 amide bonds. The molecule has 6 nitrogen and oxygen atoms in total. The summed E-state index contributed by atoms with van der Waals surface area (Å²) in [6.45, 7) is 4.06. The highest BCUT2D eigenvalue weighted by molar-refractivity contribution is 6.04. The molecule has 6 heteroatoms. The number of nitrogens with one attached hydrogen (secondary N) is 2. The van der Waals surface area contributed by atoms with Gasteiger partial charge in [0.15, 0.2) is 11.6 Å². The van der Waals surface area contributed by atoms with Crippen LogP contribution in [0.2, 0.25) is 0 Å². The van der Waals surface area contributed by atoms with E-state index in [0.717, 1.165) is 16.5 Å². The average Bonchev–Trinajstić information content (AvgIpc) is 3.26. The van der Waals surface area contributed by atoms with Crippen LogP contribution in [0.15, 0.2) is 53.2 Å². The fraction of sp³-hybridized carbons (Fsp3) is 0.105. The third kappa shape index (κ3) is 2.89. The zero-order chi connectivity index (χ0) is 17.4. The molecule has 2 heterocycles. The molecule has 2 N–H and O–H groups in total. The van der Waals surface area contributed by atoms with E-state index in [1.807, 2.05) is 50.2 Å². The van der Waals surface area contributed by atoms with Crippen LogP contribution in [-0.2, 0) is 0 Å². The van der Waals surface area contributed by atoms with Gasteiger partial charge in [-0.25, -0.2) is 4.98 Å². The minimum absolute atomic E-state index is 0.279. The molecule has 0 bridgehead atoms. The summed E-state index contributed by atoms with van der Waals surface area (Å²) in [6, 6.07) is 13.1. The Labute approximate surface area is 143 Å². The minimum Gasteiger partial charge on any atom is -0.451 e. The van der Waals surface area contributed by atoms with Gasteiger partial charge in [0.1, 0.15) is 11.9 Å². The number of rotatable bonds is 3. The van der Waals surface area contributed by atoms with Crippen molar-refractivity contribution in [2.45, 2.75) is 13.8 Å². The Kier molecular flexibility index (Phi) is 3.57. The number of nitrogens with zero attached hydrogens (tertiary/aromatic N) is 2. The lowest BCUT2D eigenvalue weighted by atomic mass is 10.1. The molecule has 0 atom stereocenters. The first-order valence-electron chi connectivity index (χ1n) is 7.88. The van der Waals surface area contributed by atoms with E-state index in [-0.39, 0.29) is 5.91 Å². The normalized spacial score (nSPS) is 11.0. The van der Waals surface area contributed by atoms with Crippen LogP contribution >= 0.6 is 0 Å². The molecule has 4 rings (SSSR count). The maximum absolute atomic E-state index is 12.4. The van der Waals surface area contributed by atoms with E-state index in [1.54, 1.807) is 6.07 Å². The molecule has 4 aromatic rings. The molecule has 2 aromatic heterocycles. The number of hydrogen-bond acceptors (Lipinski definition) is 4. The van der Waals surface area contributed by atoms with Gasteiger partial charge in [-0.2, -0.15) is 5.10 Å². The molecule has 2 aromatic carbocycles. The second-order valence-electron chi connectivity index (χ2n) is 5.95. The van der Waals surface area contributed by atoms with Gasteiger partial charge in [0.25, 0.3) is 5.91 Å². The molecule has 25 heavy (non-hydrogen) atoms. The van der Waals surface area contributed by atoms with Crippen LogP contribution in [0, 0.1) is 13.8 Å². The third-order valence-electron chi connectivity index (χ3n) is 4.19. The van der Waals surface area contributed by atoms with Crippen LogP contribution in [0.5, 0.6) is 0 Å². The molecule has 124 valence electrons. The number of benzene rings is 2. The SMILES string of the molecule is Cc1cc2cc(C(=O)Nc3ccc(-c4ncn[nH]4)cc3)oc2cc1C. The Morgan fingerprint density at radius 2 is 1.84 bits per heavy atom. The molecule has 0 saturated carbocycles. The van der Waals surface area contributed by atoms with E-state index in [0.29, 0.717) is 22.9 Å². The van der Waals surface area contributed by atoms with Crippen molar-refractivity contribution in [1.82, 2.24) is 15.2 Å². The first-order chi connectivity index (χ1) is 12.1. The van der Waals surface area contributed by atoms with Crippen molar-refractivity contribution in [3.05, 3.63) is 65.7 Å². The molecule has 0 aliphatic heterocycles. The zero-order valence-electron chi connectivity index (χ0n) is 13.8. The highest BCUT2D eigenvalue weighted by Crippen LogP contribution is 2.24. The van der Waals surface area contributed by atoms with Gasteiger partial charge in [-0.1, -0.05) is 0 Å². The number of aromatic nitrogens is 3. The molecule has 0 fully saturated rings. The lowest BCUT2D eigenvalue weighted by Crippen LogP contribution is -2.10. The first-order valence-corrected chi connectivity index (χ1v) is 7.88.